The summed E-state index contributed by atoms with van der Waals surface area (Å²) in [4.78, 5) is 18.8. The van der Waals surface area contributed by atoms with Crippen LogP contribution in [0.5, 0.6) is 0 Å². The number of carbonyl (C=O) groups is 1. The van der Waals surface area contributed by atoms with Gasteiger partial charge in [0.2, 0.25) is 0 Å². The topological polar surface area (TPSA) is 43.6 Å². The van der Waals surface area contributed by atoms with E-state index in [2.05, 4.69) is 25.8 Å². The van der Waals surface area contributed by atoms with Gasteiger partial charge in [-0.1, -0.05) is 50.0 Å². The summed E-state index contributed by atoms with van der Waals surface area (Å²) in [5, 5.41) is 0.568. The normalized spacial score (nSPS) is 12.7. The number of hydrogen-bond donors (Lipinski definition) is 0. The largest absolute Gasteiger partial charge is 0.383 e. The third-order valence-electron chi connectivity index (χ3n) is 3.74. The van der Waals surface area contributed by atoms with Crippen molar-refractivity contribution in [2.24, 2.45) is 4.99 Å². The molecule has 0 bridgehead atoms. The van der Waals surface area contributed by atoms with Crippen LogP contribution in [0.3, 0.4) is 0 Å². The molecular formula is C18H22Cl2N2O2S. The first kappa shape index (κ1) is 20.2. The van der Waals surface area contributed by atoms with Gasteiger partial charge in [-0.15, -0.1) is 11.3 Å². The fourth-order valence-electron chi connectivity index (χ4n) is 2.53. The van der Waals surface area contributed by atoms with Gasteiger partial charge < -0.3 is 9.30 Å². The van der Waals surface area contributed by atoms with E-state index in [1.54, 1.807) is 25.3 Å². The highest BCUT2D eigenvalue weighted by atomic mass is 35.5. The van der Waals surface area contributed by atoms with Crippen molar-refractivity contribution in [3.05, 3.63) is 49.2 Å². The molecule has 25 heavy (non-hydrogen) atoms. The van der Waals surface area contributed by atoms with Crippen molar-refractivity contribution in [3.8, 4) is 0 Å². The lowest BCUT2D eigenvalue weighted by Gasteiger charge is -2.17. The Bertz CT molecular complexity index is 848. The zero-order valence-corrected chi connectivity index (χ0v) is 17.3. The first-order chi connectivity index (χ1) is 11.7. The molecule has 7 heteroatoms. The summed E-state index contributed by atoms with van der Waals surface area (Å²) in [6.07, 6.45) is 0. The summed E-state index contributed by atoms with van der Waals surface area (Å²) in [6, 6.07) is 4.97. The van der Waals surface area contributed by atoms with Crippen molar-refractivity contribution in [3.63, 3.8) is 0 Å². The minimum atomic E-state index is -0.402. The number of nitrogens with zero attached hydrogens (tertiary/aromatic N) is 2. The van der Waals surface area contributed by atoms with Crippen LogP contribution in [-0.4, -0.2) is 24.2 Å². The Morgan fingerprint density at radius 3 is 2.60 bits per heavy atom. The second kappa shape index (κ2) is 8.04. The van der Waals surface area contributed by atoms with E-state index in [1.165, 1.54) is 16.2 Å². The number of methoxy groups -OCH3 is 1. The van der Waals surface area contributed by atoms with Crippen LogP contribution in [0.4, 0.5) is 0 Å². The average molecular weight is 401 g/mol. The molecule has 0 N–H and O–H groups in total. The van der Waals surface area contributed by atoms with Crippen molar-refractivity contribution in [1.82, 2.24) is 4.57 Å². The molecule has 1 amide bonds. The van der Waals surface area contributed by atoms with E-state index in [0.29, 0.717) is 28.5 Å². The van der Waals surface area contributed by atoms with E-state index in [4.69, 9.17) is 27.9 Å². The smallest absolute Gasteiger partial charge is 0.281 e. The SMILES string of the molecule is COCCn1c(C)c(C(C)(C)C)s/c1=N\C(=O)c1cccc(Cl)c1Cl. The van der Waals surface area contributed by atoms with Gasteiger partial charge in [0, 0.05) is 24.2 Å². The highest BCUT2D eigenvalue weighted by molar-refractivity contribution is 7.09. The third-order valence-corrected chi connectivity index (χ3v) is 6.16. The molecular weight excluding hydrogens is 379 g/mol. The van der Waals surface area contributed by atoms with Gasteiger partial charge in [0.25, 0.3) is 5.91 Å². The molecule has 0 atom stereocenters. The first-order valence-electron chi connectivity index (χ1n) is 7.89. The van der Waals surface area contributed by atoms with Gasteiger partial charge in [-0.25, -0.2) is 0 Å². The molecule has 1 aromatic carbocycles. The quantitative estimate of drug-likeness (QED) is 0.735. The van der Waals surface area contributed by atoms with Crippen LogP contribution >= 0.6 is 34.5 Å². The van der Waals surface area contributed by atoms with Gasteiger partial charge in [0.1, 0.15) is 0 Å². The van der Waals surface area contributed by atoms with Crippen molar-refractivity contribution in [2.75, 3.05) is 13.7 Å². The number of rotatable bonds is 4. The van der Waals surface area contributed by atoms with Crippen LogP contribution in [0.15, 0.2) is 23.2 Å². The zero-order valence-electron chi connectivity index (χ0n) is 15.0. The van der Waals surface area contributed by atoms with Crippen molar-refractivity contribution in [2.45, 2.75) is 39.7 Å². The predicted molar refractivity (Wildman–Crippen MR) is 104 cm³/mol. The number of hydrogen-bond acceptors (Lipinski definition) is 3. The number of ether oxygens (including phenoxy) is 1. The van der Waals surface area contributed by atoms with Crippen LogP contribution in [0.2, 0.25) is 10.0 Å². The van der Waals surface area contributed by atoms with E-state index in [9.17, 15) is 4.79 Å². The molecule has 136 valence electrons. The molecule has 0 unspecified atom stereocenters. The third kappa shape index (κ3) is 4.53. The van der Waals surface area contributed by atoms with Gasteiger partial charge in [-0.2, -0.15) is 4.99 Å². The summed E-state index contributed by atoms with van der Waals surface area (Å²) in [7, 11) is 1.65. The molecule has 0 spiro atoms. The van der Waals surface area contributed by atoms with E-state index in [0.717, 1.165) is 5.69 Å². The highest BCUT2D eigenvalue weighted by Gasteiger charge is 2.22. The number of amides is 1. The molecule has 0 radical (unpaired) electrons. The summed E-state index contributed by atoms with van der Waals surface area (Å²) in [5.74, 6) is -0.402. The summed E-state index contributed by atoms with van der Waals surface area (Å²) >= 11 is 13.7. The Labute approximate surface area is 162 Å². The second-order valence-electron chi connectivity index (χ2n) is 6.71. The Kier molecular flexibility index (Phi) is 6.49. The lowest BCUT2D eigenvalue weighted by molar-refractivity contribution is 0.0997. The maximum atomic E-state index is 12.6. The van der Waals surface area contributed by atoms with Crippen molar-refractivity contribution in [1.29, 1.82) is 0 Å². The summed E-state index contributed by atoms with van der Waals surface area (Å²) in [6.45, 7) is 9.65. The van der Waals surface area contributed by atoms with Gasteiger partial charge in [0.05, 0.1) is 22.2 Å². The lowest BCUT2D eigenvalue weighted by Crippen LogP contribution is -2.21. The van der Waals surface area contributed by atoms with E-state index in [-0.39, 0.29) is 10.4 Å². The maximum absolute atomic E-state index is 12.6. The minimum Gasteiger partial charge on any atom is -0.383 e. The Hall–Kier alpha value is -1.14. The Morgan fingerprint density at radius 1 is 1.32 bits per heavy atom. The van der Waals surface area contributed by atoms with E-state index >= 15 is 0 Å². The van der Waals surface area contributed by atoms with Gasteiger partial charge in [0.15, 0.2) is 4.80 Å². The van der Waals surface area contributed by atoms with Crippen LogP contribution in [-0.2, 0) is 16.7 Å². The van der Waals surface area contributed by atoms with Crippen molar-refractivity contribution >= 4 is 40.4 Å². The maximum Gasteiger partial charge on any atom is 0.281 e. The fourth-order valence-corrected chi connectivity index (χ4v) is 4.12. The number of thiazole rings is 1. The summed E-state index contributed by atoms with van der Waals surface area (Å²) < 4.78 is 7.21. The van der Waals surface area contributed by atoms with Crippen LogP contribution < -0.4 is 4.80 Å². The van der Waals surface area contributed by atoms with Crippen molar-refractivity contribution < 1.29 is 9.53 Å². The van der Waals surface area contributed by atoms with Gasteiger partial charge in [-0.3, -0.25) is 4.79 Å². The Morgan fingerprint density at radius 2 is 2.00 bits per heavy atom. The molecule has 1 heterocycles. The van der Waals surface area contributed by atoms with Crippen LogP contribution in [0.1, 0.15) is 41.7 Å². The zero-order chi connectivity index (χ0) is 18.8. The molecule has 1 aromatic heterocycles. The monoisotopic (exact) mass is 400 g/mol. The van der Waals surface area contributed by atoms with Crippen LogP contribution in [0.25, 0.3) is 0 Å². The number of benzene rings is 1. The van der Waals surface area contributed by atoms with E-state index < -0.39 is 5.91 Å². The molecule has 4 nitrogen and oxygen atoms in total. The predicted octanol–water partition coefficient (Wildman–Crippen LogP) is 4.85. The Balaban J connectivity index is 2.58. The molecule has 2 aromatic rings. The molecule has 0 fully saturated rings. The standard InChI is InChI=1S/C18H22Cl2N2O2S/c1-11-15(18(2,3)4)25-17(22(11)9-10-24-5)21-16(23)12-7-6-8-13(19)14(12)20/h6-8H,9-10H2,1-5H3/b21-17-. The summed E-state index contributed by atoms with van der Waals surface area (Å²) in [5.41, 5.74) is 1.36. The number of carbonyl (C=O) groups excluding carboxylic acids is 1. The molecule has 0 aliphatic heterocycles. The van der Waals surface area contributed by atoms with Gasteiger partial charge >= 0.3 is 0 Å². The number of aromatic nitrogens is 1. The lowest BCUT2D eigenvalue weighted by atomic mass is 9.93. The second-order valence-corrected chi connectivity index (χ2v) is 8.47. The average Bonchev–Trinajstić information content (AvgIpc) is 2.84. The van der Waals surface area contributed by atoms with Gasteiger partial charge in [-0.05, 0) is 24.5 Å². The molecule has 2 rings (SSSR count). The molecule has 0 aliphatic carbocycles. The fraction of sp³-hybridized carbons (Fsp3) is 0.444. The minimum absolute atomic E-state index is 0.0336. The number of halogens is 2. The highest BCUT2D eigenvalue weighted by Crippen LogP contribution is 2.29. The van der Waals surface area contributed by atoms with Crippen LogP contribution in [0, 0.1) is 6.92 Å². The molecule has 0 saturated carbocycles. The molecule has 0 saturated heterocycles. The first-order valence-corrected chi connectivity index (χ1v) is 9.46. The molecule has 0 aliphatic rings. The van der Waals surface area contributed by atoms with E-state index in [1.807, 2.05) is 11.5 Å².